The number of halogens is 1. The molecule has 0 aromatic heterocycles. The average Bonchev–Trinajstić information content (AvgIpc) is 2.36. The van der Waals surface area contributed by atoms with E-state index in [9.17, 15) is 9.18 Å². The van der Waals surface area contributed by atoms with Crippen LogP contribution >= 0.6 is 0 Å². The largest absolute Gasteiger partial charge is 0.478 e. The first-order valence-electron chi connectivity index (χ1n) is 6.60. The molecule has 0 heterocycles. The molecular weight excluding hydrogens is 263 g/mol. The van der Waals surface area contributed by atoms with Crippen molar-refractivity contribution in [3.05, 3.63) is 23.5 Å². The van der Waals surface area contributed by atoms with E-state index in [1.165, 1.54) is 6.07 Å². The molecule has 0 saturated carbocycles. The number of hydrogen-bond acceptors (Lipinski definition) is 4. The number of unbranched alkanes of at least 4 members (excludes halogenated alkanes) is 1. The minimum absolute atomic E-state index is 0.207. The number of carboxylic acids is 1. The standard InChI is InChI=1S/C14H21FN2O3/c1-9(2)20-8-4-3-7-17-11-6-5-10(15)13(16)12(11)14(18)19/h5-6,9,17H,3-4,7-8,16H2,1-2H3,(H,18,19). The molecule has 0 unspecified atom stereocenters. The smallest absolute Gasteiger partial charge is 0.340 e. The Bertz CT molecular complexity index is 464. The van der Waals surface area contributed by atoms with E-state index in [1.807, 2.05) is 13.8 Å². The number of rotatable bonds is 8. The van der Waals surface area contributed by atoms with Crippen LogP contribution in [0, 0.1) is 5.82 Å². The van der Waals surface area contributed by atoms with E-state index in [2.05, 4.69) is 5.32 Å². The summed E-state index contributed by atoms with van der Waals surface area (Å²) in [6.45, 7) is 5.18. The third kappa shape index (κ3) is 4.70. The van der Waals surface area contributed by atoms with Crippen molar-refractivity contribution in [2.75, 3.05) is 24.2 Å². The predicted molar refractivity (Wildman–Crippen MR) is 76.6 cm³/mol. The molecule has 0 fully saturated rings. The highest BCUT2D eigenvalue weighted by Crippen LogP contribution is 2.25. The van der Waals surface area contributed by atoms with Crippen LogP contribution < -0.4 is 11.1 Å². The van der Waals surface area contributed by atoms with Crippen molar-refractivity contribution in [1.82, 2.24) is 0 Å². The molecule has 0 amide bonds. The van der Waals surface area contributed by atoms with Gasteiger partial charge in [0, 0.05) is 13.2 Å². The Morgan fingerprint density at radius 2 is 2.15 bits per heavy atom. The molecule has 0 spiro atoms. The summed E-state index contributed by atoms with van der Waals surface area (Å²) in [7, 11) is 0. The van der Waals surface area contributed by atoms with Gasteiger partial charge in [0.05, 0.1) is 17.5 Å². The van der Waals surface area contributed by atoms with Crippen molar-refractivity contribution >= 4 is 17.3 Å². The van der Waals surface area contributed by atoms with Crippen molar-refractivity contribution in [3.8, 4) is 0 Å². The zero-order valence-corrected chi connectivity index (χ0v) is 11.8. The minimum atomic E-state index is -1.24. The van der Waals surface area contributed by atoms with Gasteiger partial charge in [-0.1, -0.05) is 0 Å². The number of nitrogen functional groups attached to an aromatic ring is 1. The molecule has 5 nitrogen and oxygen atoms in total. The molecule has 0 saturated heterocycles. The number of benzene rings is 1. The normalized spacial score (nSPS) is 10.8. The zero-order valence-electron chi connectivity index (χ0n) is 11.8. The van der Waals surface area contributed by atoms with Gasteiger partial charge in [-0.2, -0.15) is 0 Å². The van der Waals surface area contributed by atoms with Crippen LogP contribution in [-0.2, 0) is 4.74 Å². The van der Waals surface area contributed by atoms with Crippen LogP contribution in [0.3, 0.4) is 0 Å². The third-order valence-corrected chi connectivity index (χ3v) is 2.74. The summed E-state index contributed by atoms with van der Waals surface area (Å²) in [6.07, 6.45) is 1.89. The first kappa shape index (κ1) is 16.2. The van der Waals surface area contributed by atoms with Crippen molar-refractivity contribution < 1.29 is 19.0 Å². The monoisotopic (exact) mass is 284 g/mol. The van der Waals surface area contributed by atoms with Gasteiger partial charge in [0.2, 0.25) is 0 Å². The molecule has 112 valence electrons. The van der Waals surface area contributed by atoms with Crippen LogP contribution in [-0.4, -0.2) is 30.3 Å². The van der Waals surface area contributed by atoms with E-state index < -0.39 is 11.8 Å². The highest BCUT2D eigenvalue weighted by molar-refractivity contribution is 6.00. The highest BCUT2D eigenvalue weighted by Gasteiger charge is 2.16. The molecule has 0 aliphatic heterocycles. The van der Waals surface area contributed by atoms with Crippen LogP contribution in [0.25, 0.3) is 0 Å². The van der Waals surface area contributed by atoms with Crippen LogP contribution in [0.4, 0.5) is 15.8 Å². The van der Waals surface area contributed by atoms with Crippen molar-refractivity contribution in [2.45, 2.75) is 32.8 Å². The molecule has 0 bridgehead atoms. The van der Waals surface area contributed by atoms with Gasteiger partial charge in [0.15, 0.2) is 0 Å². The van der Waals surface area contributed by atoms with E-state index in [-0.39, 0.29) is 17.4 Å². The fourth-order valence-corrected chi connectivity index (χ4v) is 1.74. The lowest BCUT2D eigenvalue weighted by Crippen LogP contribution is -2.12. The molecule has 1 rings (SSSR count). The van der Waals surface area contributed by atoms with Gasteiger partial charge in [0.1, 0.15) is 11.4 Å². The second kappa shape index (κ2) is 7.69. The van der Waals surface area contributed by atoms with E-state index in [1.54, 1.807) is 0 Å². The maximum atomic E-state index is 13.3. The predicted octanol–water partition coefficient (Wildman–Crippen LogP) is 2.72. The highest BCUT2D eigenvalue weighted by atomic mass is 19.1. The summed E-state index contributed by atoms with van der Waals surface area (Å²) in [4.78, 5) is 11.1. The zero-order chi connectivity index (χ0) is 15.1. The summed E-state index contributed by atoms with van der Waals surface area (Å²) in [6, 6.07) is 2.55. The number of nitrogens with two attached hydrogens (primary N) is 1. The van der Waals surface area contributed by atoms with Gasteiger partial charge >= 0.3 is 5.97 Å². The lowest BCUT2D eigenvalue weighted by atomic mass is 10.1. The van der Waals surface area contributed by atoms with Crippen LogP contribution in [0.1, 0.15) is 37.0 Å². The first-order chi connectivity index (χ1) is 9.43. The number of anilines is 2. The third-order valence-electron chi connectivity index (χ3n) is 2.74. The van der Waals surface area contributed by atoms with Gasteiger partial charge in [-0.3, -0.25) is 0 Å². The van der Waals surface area contributed by atoms with Gasteiger partial charge in [-0.15, -0.1) is 0 Å². The number of aromatic carboxylic acids is 1. The fraction of sp³-hybridized carbons (Fsp3) is 0.500. The second-order valence-corrected chi connectivity index (χ2v) is 4.74. The number of carbonyl (C=O) groups is 1. The Labute approximate surface area is 117 Å². The van der Waals surface area contributed by atoms with Gasteiger partial charge in [0.25, 0.3) is 0 Å². The summed E-state index contributed by atoms with van der Waals surface area (Å²) in [5.41, 5.74) is 5.23. The van der Waals surface area contributed by atoms with Crippen molar-refractivity contribution in [1.29, 1.82) is 0 Å². The SMILES string of the molecule is CC(C)OCCCCNc1ccc(F)c(N)c1C(=O)O. The Kier molecular flexibility index (Phi) is 6.24. The summed E-state index contributed by atoms with van der Waals surface area (Å²) < 4.78 is 18.7. The maximum absolute atomic E-state index is 13.3. The van der Waals surface area contributed by atoms with Gasteiger partial charge in [-0.05, 0) is 38.8 Å². The molecule has 0 radical (unpaired) electrons. The maximum Gasteiger partial charge on any atom is 0.340 e. The fourth-order valence-electron chi connectivity index (χ4n) is 1.74. The van der Waals surface area contributed by atoms with E-state index in [4.69, 9.17) is 15.6 Å². The van der Waals surface area contributed by atoms with E-state index in [0.29, 0.717) is 18.8 Å². The molecular formula is C14H21FN2O3. The van der Waals surface area contributed by atoms with Gasteiger partial charge in [-0.25, -0.2) is 9.18 Å². The molecule has 0 aliphatic rings. The molecule has 0 atom stereocenters. The summed E-state index contributed by atoms with van der Waals surface area (Å²) in [5.74, 6) is -1.97. The number of nitrogens with one attached hydrogen (secondary N) is 1. The number of hydrogen-bond donors (Lipinski definition) is 3. The average molecular weight is 284 g/mol. The van der Waals surface area contributed by atoms with Crippen LogP contribution in [0.5, 0.6) is 0 Å². The number of carboxylic acid groups (broad SMARTS) is 1. The first-order valence-corrected chi connectivity index (χ1v) is 6.60. The molecule has 6 heteroatoms. The Morgan fingerprint density at radius 1 is 1.45 bits per heavy atom. The lowest BCUT2D eigenvalue weighted by Gasteiger charge is -2.12. The number of ether oxygens (including phenoxy) is 1. The Hall–Kier alpha value is -1.82. The lowest BCUT2D eigenvalue weighted by molar-refractivity contribution is 0.0698. The molecule has 1 aromatic carbocycles. The molecule has 1 aromatic rings. The molecule has 4 N–H and O–H groups in total. The topological polar surface area (TPSA) is 84.6 Å². The summed E-state index contributed by atoms with van der Waals surface area (Å²) >= 11 is 0. The van der Waals surface area contributed by atoms with Crippen molar-refractivity contribution in [3.63, 3.8) is 0 Å². The van der Waals surface area contributed by atoms with Gasteiger partial charge < -0.3 is 20.9 Å². The van der Waals surface area contributed by atoms with Crippen LogP contribution in [0.15, 0.2) is 12.1 Å². The minimum Gasteiger partial charge on any atom is -0.478 e. The Morgan fingerprint density at radius 3 is 2.75 bits per heavy atom. The van der Waals surface area contributed by atoms with E-state index >= 15 is 0 Å². The van der Waals surface area contributed by atoms with E-state index in [0.717, 1.165) is 18.9 Å². The second-order valence-electron chi connectivity index (χ2n) is 4.74. The summed E-state index contributed by atoms with van der Waals surface area (Å²) in [5, 5.41) is 12.0. The molecule has 20 heavy (non-hydrogen) atoms. The Balaban J connectivity index is 2.52. The molecule has 0 aliphatic carbocycles. The van der Waals surface area contributed by atoms with Crippen LogP contribution in [0.2, 0.25) is 0 Å². The quantitative estimate of drug-likeness (QED) is 0.505. The van der Waals surface area contributed by atoms with Crippen molar-refractivity contribution in [2.24, 2.45) is 0 Å².